The molecule has 0 aliphatic heterocycles. The number of nitrogens with one attached hydrogen (secondary N) is 1. The molecular weight excluding hydrogens is 426 g/mol. The van der Waals surface area contributed by atoms with Gasteiger partial charge in [0.25, 0.3) is 10.0 Å². The minimum Gasteiger partial charge on any atom is -0.489 e. The van der Waals surface area contributed by atoms with Crippen molar-refractivity contribution >= 4 is 32.5 Å². The molecule has 0 unspecified atom stereocenters. The smallest absolute Gasteiger partial charge is 0.340 e. The Hall–Kier alpha value is -3.84. The van der Waals surface area contributed by atoms with Crippen LogP contribution in [0.4, 0.5) is 5.69 Å². The Morgan fingerprint density at radius 2 is 1.56 bits per heavy atom. The summed E-state index contributed by atoms with van der Waals surface area (Å²) in [6.07, 6.45) is 0. The zero-order valence-electron chi connectivity index (χ0n) is 17.3. The molecule has 0 atom stereocenters. The average Bonchev–Trinajstić information content (AvgIpc) is 2.83. The first kappa shape index (κ1) is 21.4. The second kappa shape index (κ2) is 9.11. The highest BCUT2D eigenvalue weighted by Gasteiger charge is 2.20. The number of methoxy groups -OCH3 is 1. The number of anilines is 1. The molecule has 162 valence electrons. The van der Waals surface area contributed by atoms with Crippen LogP contribution >= 0.6 is 0 Å². The van der Waals surface area contributed by atoms with Crippen molar-refractivity contribution in [2.45, 2.75) is 11.5 Å². The van der Waals surface area contributed by atoms with Crippen molar-refractivity contribution in [3.8, 4) is 5.75 Å². The second-order valence-corrected chi connectivity index (χ2v) is 8.77. The molecule has 0 radical (unpaired) electrons. The van der Waals surface area contributed by atoms with Gasteiger partial charge < -0.3 is 9.47 Å². The van der Waals surface area contributed by atoms with Gasteiger partial charge >= 0.3 is 5.97 Å². The van der Waals surface area contributed by atoms with E-state index in [1.54, 1.807) is 18.2 Å². The molecular formula is C25H21NO5S. The molecule has 0 bridgehead atoms. The van der Waals surface area contributed by atoms with Crippen LogP contribution in [0, 0.1) is 0 Å². The van der Waals surface area contributed by atoms with Crippen molar-refractivity contribution in [1.82, 2.24) is 0 Å². The van der Waals surface area contributed by atoms with E-state index in [0.29, 0.717) is 12.4 Å². The van der Waals surface area contributed by atoms with E-state index < -0.39 is 16.0 Å². The highest BCUT2D eigenvalue weighted by molar-refractivity contribution is 7.92. The van der Waals surface area contributed by atoms with Crippen LogP contribution in [0.2, 0.25) is 0 Å². The van der Waals surface area contributed by atoms with Crippen LogP contribution in [0.5, 0.6) is 5.75 Å². The van der Waals surface area contributed by atoms with Gasteiger partial charge in [0.2, 0.25) is 0 Å². The van der Waals surface area contributed by atoms with Gasteiger partial charge in [0.05, 0.1) is 23.3 Å². The number of carbonyl (C=O) groups is 1. The predicted octanol–water partition coefficient (Wildman–Crippen LogP) is 5.01. The number of sulfonamides is 1. The summed E-state index contributed by atoms with van der Waals surface area (Å²) >= 11 is 0. The molecule has 4 aromatic carbocycles. The van der Waals surface area contributed by atoms with E-state index in [4.69, 9.17) is 9.47 Å². The third-order valence-electron chi connectivity index (χ3n) is 4.92. The maximum absolute atomic E-state index is 13.0. The number of esters is 1. The molecule has 0 fully saturated rings. The molecule has 0 saturated heterocycles. The second-order valence-electron chi connectivity index (χ2n) is 7.09. The summed E-state index contributed by atoms with van der Waals surface area (Å²) in [5, 5.41) is 1.73. The number of carbonyl (C=O) groups excluding carboxylic acids is 1. The summed E-state index contributed by atoms with van der Waals surface area (Å²) in [6, 6.07) is 26.5. The number of ether oxygens (including phenoxy) is 2. The van der Waals surface area contributed by atoms with Gasteiger partial charge in [-0.1, -0.05) is 60.7 Å². The standard InChI is InChI=1S/C25H21NO5S/c1-30-25(27)23-16-21(31-17-18-7-3-2-4-8-18)12-14-24(23)26-32(28,29)22-13-11-19-9-5-6-10-20(19)15-22/h2-16,26H,17H2,1H3. The van der Waals surface area contributed by atoms with Gasteiger partial charge in [-0.2, -0.15) is 0 Å². The Bertz CT molecular complexity index is 1370. The van der Waals surface area contributed by atoms with E-state index in [-0.39, 0.29) is 16.1 Å². The quantitative estimate of drug-likeness (QED) is 0.403. The molecule has 0 aromatic heterocycles. The fourth-order valence-electron chi connectivity index (χ4n) is 3.26. The van der Waals surface area contributed by atoms with E-state index in [1.807, 2.05) is 54.6 Å². The molecule has 0 aliphatic rings. The van der Waals surface area contributed by atoms with Crippen molar-refractivity contribution in [3.63, 3.8) is 0 Å². The first-order valence-electron chi connectivity index (χ1n) is 9.87. The summed E-state index contributed by atoms with van der Waals surface area (Å²) in [6.45, 7) is 0.309. The third-order valence-corrected chi connectivity index (χ3v) is 6.28. The Morgan fingerprint density at radius 3 is 2.31 bits per heavy atom. The topological polar surface area (TPSA) is 81.7 Å². The van der Waals surface area contributed by atoms with Crippen LogP contribution < -0.4 is 9.46 Å². The first-order valence-corrected chi connectivity index (χ1v) is 11.4. The normalized spacial score (nSPS) is 11.2. The minimum absolute atomic E-state index is 0.0578. The SMILES string of the molecule is COC(=O)c1cc(OCc2ccccc2)ccc1NS(=O)(=O)c1ccc2ccccc2c1. The Balaban J connectivity index is 1.61. The summed E-state index contributed by atoms with van der Waals surface area (Å²) in [5.41, 5.74) is 1.13. The number of hydrogen-bond acceptors (Lipinski definition) is 5. The third kappa shape index (κ3) is 4.73. The maximum Gasteiger partial charge on any atom is 0.340 e. The molecule has 1 N–H and O–H groups in total. The zero-order chi connectivity index (χ0) is 22.6. The lowest BCUT2D eigenvalue weighted by Gasteiger charge is -2.14. The predicted molar refractivity (Wildman–Crippen MR) is 123 cm³/mol. The van der Waals surface area contributed by atoms with Gasteiger partial charge in [-0.05, 0) is 46.7 Å². The zero-order valence-corrected chi connectivity index (χ0v) is 18.1. The van der Waals surface area contributed by atoms with Gasteiger partial charge in [0.1, 0.15) is 12.4 Å². The van der Waals surface area contributed by atoms with Crippen LogP contribution in [-0.2, 0) is 21.4 Å². The lowest BCUT2D eigenvalue weighted by molar-refractivity contribution is 0.0601. The van der Waals surface area contributed by atoms with Gasteiger partial charge in [0.15, 0.2) is 0 Å². The van der Waals surface area contributed by atoms with Crippen LogP contribution in [0.3, 0.4) is 0 Å². The van der Waals surface area contributed by atoms with Crippen molar-refractivity contribution in [2.75, 3.05) is 11.8 Å². The monoisotopic (exact) mass is 447 g/mol. The largest absolute Gasteiger partial charge is 0.489 e. The molecule has 6 nitrogen and oxygen atoms in total. The van der Waals surface area contributed by atoms with Crippen molar-refractivity contribution in [1.29, 1.82) is 0 Å². The number of hydrogen-bond donors (Lipinski definition) is 1. The highest BCUT2D eigenvalue weighted by Crippen LogP contribution is 2.27. The van der Waals surface area contributed by atoms with Crippen LogP contribution in [-0.4, -0.2) is 21.5 Å². The molecule has 32 heavy (non-hydrogen) atoms. The highest BCUT2D eigenvalue weighted by atomic mass is 32.2. The molecule has 0 saturated carbocycles. The number of benzene rings is 4. The van der Waals surface area contributed by atoms with Crippen molar-refractivity contribution in [2.24, 2.45) is 0 Å². The molecule has 4 rings (SSSR count). The van der Waals surface area contributed by atoms with Crippen molar-refractivity contribution < 1.29 is 22.7 Å². The molecule has 7 heteroatoms. The van der Waals surface area contributed by atoms with E-state index in [9.17, 15) is 13.2 Å². The van der Waals surface area contributed by atoms with E-state index in [1.165, 1.54) is 25.3 Å². The number of rotatable bonds is 7. The Labute approximate surface area is 186 Å². The lowest BCUT2D eigenvalue weighted by atomic mass is 10.1. The van der Waals surface area contributed by atoms with E-state index >= 15 is 0 Å². The van der Waals surface area contributed by atoms with E-state index in [2.05, 4.69) is 4.72 Å². The molecule has 0 aliphatic carbocycles. The molecule has 0 heterocycles. The summed E-state index contributed by atoms with van der Waals surface area (Å²) in [7, 11) is -2.70. The van der Waals surface area contributed by atoms with Crippen molar-refractivity contribution in [3.05, 3.63) is 102 Å². The summed E-state index contributed by atoms with van der Waals surface area (Å²) < 4.78 is 39.1. The summed E-state index contributed by atoms with van der Waals surface area (Å²) in [5.74, 6) is -0.255. The Kier molecular flexibility index (Phi) is 6.09. The van der Waals surface area contributed by atoms with Crippen LogP contribution in [0.15, 0.2) is 95.9 Å². The van der Waals surface area contributed by atoms with Crippen LogP contribution in [0.1, 0.15) is 15.9 Å². The minimum atomic E-state index is -3.94. The fraction of sp³-hybridized carbons (Fsp3) is 0.0800. The average molecular weight is 448 g/mol. The fourth-order valence-corrected chi connectivity index (χ4v) is 4.37. The molecule has 4 aromatic rings. The molecule has 0 spiro atoms. The number of fused-ring (bicyclic) bond motifs is 1. The lowest BCUT2D eigenvalue weighted by Crippen LogP contribution is -2.16. The molecule has 0 amide bonds. The van der Waals surface area contributed by atoms with Gasteiger partial charge in [-0.15, -0.1) is 0 Å². The van der Waals surface area contributed by atoms with Crippen LogP contribution in [0.25, 0.3) is 10.8 Å². The van der Waals surface area contributed by atoms with Gasteiger partial charge in [-0.3, -0.25) is 4.72 Å². The van der Waals surface area contributed by atoms with Gasteiger partial charge in [0, 0.05) is 0 Å². The van der Waals surface area contributed by atoms with Gasteiger partial charge in [-0.25, -0.2) is 13.2 Å². The maximum atomic E-state index is 13.0. The summed E-state index contributed by atoms with van der Waals surface area (Å²) in [4.78, 5) is 12.4. The first-order chi connectivity index (χ1) is 15.5. The Morgan fingerprint density at radius 1 is 0.844 bits per heavy atom. The van der Waals surface area contributed by atoms with E-state index in [0.717, 1.165) is 16.3 Å².